The molecule has 2 aromatic carbocycles. The van der Waals surface area contributed by atoms with Gasteiger partial charge in [-0.1, -0.05) is 13.8 Å². The Bertz CT molecular complexity index is 1200. The second-order valence-corrected chi connectivity index (χ2v) is 9.05. The van der Waals surface area contributed by atoms with E-state index in [9.17, 15) is 30.0 Å². The van der Waals surface area contributed by atoms with Gasteiger partial charge in [-0.15, -0.1) is 0 Å². The zero-order valence-corrected chi connectivity index (χ0v) is 20.0. The summed E-state index contributed by atoms with van der Waals surface area (Å²) < 4.78 is 22.6. The van der Waals surface area contributed by atoms with Gasteiger partial charge in [-0.3, -0.25) is 0 Å². The number of fused-ring (bicyclic) bond motifs is 4. The van der Waals surface area contributed by atoms with Gasteiger partial charge in [0.25, 0.3) is 0 Å². The van der Waals surface area contributed by atoms with Gasteiger partial charge < -0.3 is 39.4 Å². The lowest BCUT2D eigenvalue weighted by Crippen LogP contribution is -2.53. The predicted octanol–water partition coefficient (Wildman–Crippen LogP) is 3.13. The third kappa shape index (κ3) is 3.92. The summed E-state index contributed by atoms with van der Waals surface area (Å²) in [5, 5.41) is 42.6. The monoisotopic (exact) mass is 488 g/mol. The lowest BCUT2D eigenvalue weighted by Gasteiger charge is -2.43. The number of benzene rings is 2. The van der Waals surface area contributed by atoms with Crippen molar-refractivity contribution in [3.8, 4) is 34.1 Å². The van der Waals surface area contributed by atoms with Crippen LogP contribution in [0.4, 0.5) is 0 Å². The maximum atomic E-state index is 13.5. The number of hydrogen-bond acceptors (Lipinski definition) is 10. The number of ether oxygens (including phenoxy) is 4. The fourth-order valence-electron chi connectivity index (χ4n) is 4.60. The van der Waals surface area contributed by atoms with Crippen LogP contribution in [0.25, 0.3) is 11.1 Å². The quantitative estimate of drug-likeness (QED) is 0.441. The number of phenols is 4. The summed E-state index contributed by atoms with van der Waals surface area (Å²) in [4.78, 5) is 26.7. The van der Waals surface area contributed by atoms with Crippen LogP contribution in [0.5, 0.6) is 23.0 Å². The molecule has 0 spiro atoms. The van der Waals surface area contributed by atoms with Crippen LogP contribution in [0.1, 0.15) is 45.7 Å². The van der Waals surface area contributed by atoms with E-state index < -0.39 is 41.9 Å². The second kappa shape index (κ2) is 8.94. The summed E-state index contributed by atoms with van der Waals surface area (Å²) >= 11 is 0. The molecule has 2 unspecified atom stereocenters. The van der Waals surface area contributed by atoms with Crippen LogP contribution in [0.3, 0.4) is 0 Å². The Balaban J connectivity index is 1.99. The summed E-state index contributed by atoms with van der Waals surface area (Å²) in [6.07, 6.45) is -2.38. The minimum Gasteiger partial charge on any atom is -0.508 e. The number of methoxy groups -OCH3 is 1. The van der Waals surface area contributed by atoms with Crippen LogP contribution in [-0.4, -0.2) is 64.6 Å². The highest BCUT2D eigenvalue weighted by atomic mass is 16.7. The summed E-state index contributed by atoms with van der Waals surface area (Å²) in [5.41, 5.74) is -1.02. The van der Waals surface area contributed by atoms with Crippen molar-refractivity contribution in [3.05, 3.63) is 34.4 Å². The fraction of sp³-hybridized carbons (Fsp3) is 0.440. The first-order chi connectivity index (χ1) is 16.5. The molecule has 4 N–H and O–H groups in total. The van der Waals surface area contributed by atoms with E-state index in [2.05, 4.69) is 0 Å². The minimum atomic E-state index is -0.932. The topological polar surface area (TPSA) is 152 Å². The Labute approximate surface area is 201 Å². The van der Waals surface area contributed by atoms with Gasteiger partial charge in [0.05, 0.1) is 11.1 Å². The molecule has 0 aromatic heterocycles. The number of carbonyl (C=O) groups is 2. The molecular weight excluding hydrogens is 460 g/mol. The van der Waals surface area contributed by atoms with Gasteiger partial charge in [-0.25, -0.2) is 9.59 Å². The number of phenolic OH excluding ortho intramolecular Hbond substituents is 4. The van der Waals surface area contributed by atoms with E-state index in [1.54, 1.807) is 0 Å². The average Bonchev–Trinajstić information content (AvgIpc) is 2.84. The maximum Gasteiger partial charge on any atom is 0.339 e. The van der Waals surface area contributed by atoms with E-state index >= 15 is 0 Å². The predicted molar refractivity (Wildman–Crippen MR) is 121 cm³/mol. The second-order valence-electron chi connectivity index (χ2n) is 9.05. The molecule has 2 aliphatic heterocycles. The molecule has 2 aliphatic rings. The van der Waals surface area contributed by atoms with Crippen molar-refractivity contribution >= 4 is 11.9 Å². The maximum absolute atomic E-state index is 13.5. The fourth-order valence-corrected chi connectivity index (χ4v) is 4.60. The Morgan fingerprint density at radius 1 is 0.857 bits per heavy atom. The summed E-state index contributed by atoms with van der Waals surface area (Å²) in [5.74, 6) is -4.16. The van der Waals surface area contributed by atoms with Gasteiger partial charge in [-0.2, -0.15) is 0 Å². The molecule has 4 rings (SSSR count). The van der Waals surface area contributed by atoms with Gasteiger partial charge >= 0.3 is 11.9 Å². The highest BCUT2D eigenvalue weighted by Gasteiger charge is 2.45. The first kappa shape index (κ1) is 24.6. The van der Waals surface area contributed by atoms with E-state index in [0.717, 1.165) is 12.1 Å². The smallest absolute Gasteiger partial charge is 0.339 e. The summed E-state index contributed by atoms with van der Waals surface area (Å²) in [7, 11) is 1.48. The Morgan fingerprint density at radius 2 is 1.37 bits per heavy atom. The molecule has 0 bridgehead atoms. The van der Waals surface area contributed by atoms with Gasteiger partial charge in [0, 0.05) is 41.2 Å². The van der Waals surface area contributed by atoms with Gasteiger partial charge in [0.1, 0.15) is 41.8 Å². The molecule has 0 amide bonds. The summed E-state index contributed by atoms with van der Waals surface area (Å²) in [6.45, 7) is 6.21. The molecule has 35 heavy (non-hydrogen) atoms. The Morgan fingerprint density at radius 3 is 1.89 bits per heavy atom. The number of cyclic esters (lactones) is 1. The lowest BCUT2D eigenvalue weighted by atomic mass is 9.84. The summed E-state index contributed by atoms with van der Waals surface area (Å²) in [6, 6.07) is 2.19. The Hall–Kier alpha value is -3.50. The van der Waals surface area contributed by atoms with Crippen LogP contribution >= 0.6 is 0 Å². The lowest BCUT2D eigenvalue weighted by molar-refractivity contribution is -0.259. The van der Waals surface area contributed by atoms with Crippen LogP contribution < -0.4 is 0 Å². The molecule has 1 fully saturated rings. The average molecular weight is 488 g/mol. The molecular formula is C25H28O10. The number of hydrogen-bond donors (Lipinski definition) is 4. The molecule has 10 heteroatoms. The van der Waals surface area contributed by atoms with Crippen molar-refractivity contribution in [2.24, 2.45) is 11.8 Å². The zero-order chi connectivity index (χ0) is 25.8. The zero-order valence-electron chi connectivity index (χ0n) is 20.0. The van der Waals surface area contributed by atoms with Crippen LogP contribution in [-0.2, 0) is 18.9 Å². The molecule has 1 saturated heterocycles. The molecule has 0 aliphatic carbocycles. The standard InChI is InChI=1S/C25H28O10/c1-9-10(2)25(32-5)34-17-8-33-23(30)13-6-15(26)11(3)20(28)18(13)19-14(24(31)35-22(9)17)7-16(27)12(4)21(19)29/h6-7,9-10,17,22,25-29H,8H2,1-5H3/t9-,10?,17?,22+,25+/m1/s1. The van der Waals surface area contributed by atoms with E-state index in [4.69, 9.17) is 18.9 Å². The van der Waals surface area contributed by atoms with E-state index in [-0.39, 0.29) is 63.3 Å². The minimum absolute atomic E-state index is 0.0123. The van der Waals surface area contributed by atoms with Crippen molar-refractivity contribution in [2.75, 3.05) is 13.7 Å². The molecule has 188 valence electrons. The van der Waals surface area contributed by atoms with E-state index in [1.807, 2.05) is 13.8 Å². The van der Waals surface area contributed by atoms with Crippen molar-refractivity contribution in [3.63, 3.8) is 0 Å². The molecule has 2 heterocycles. The van der Waals surface area contributed by atoms with Crippen molar-refractivity contribution in [1.82, 2.24) is 0 Å². The number of aromatic hydroxyl groups is 4. The first-order valence-corrected chi connectivity index (χ1v) is 11.2. The highest BCUT2D eigenvalue weighted by Crippen LogP contribution is 2.48. The first-order valence-electron chi connectivity index (χ1n) is 11.2. The van der Waals surface area contributed by atoms with Crippen LogP contribution in [0.15, 0.2) is 12.1 Å². The van der Waals surface area contributed by atoms with Gasteiger partial charge in [-0.05, 0) is 26.0 Å². The number of rotatable bonds is 1. The van der Waals surface area contributed by atoms with Crippen molar-refractivity contribution < 1.29 is 49.0 Å². The highest BCUT2D eigenvalue weighted by molar-refractivity contribution is 6.07. The third-order valence-corrected chi connectivity index (χ3v) is 7.05. The molecule has 0 radical (unpaired) electrons. The van der Waals surface area contributed by atoms with Gasteiger partial charge in [0.15, 0.2) is 6.29 Å². The normalized spacial score (nSPS) is 26.5. The largest absolute Gasteiger partial charge is 0.508 e. The third-order valence-electron chi connectivity index (χ3n) is 7.05. The van der Waals surface area contributed by atoms with E-state index in [1.165, 1.54) is 21.0 Å². The van der Waals surface area contributed by atoms with Crippen molar-refractivity contribution in [1.29, 1.82) is 0 Å². The SMILES string of the molecule is CO[C@H]1OC2COC(=O)c3cc(O)c(C)c(O)c3-c3c(cc(O)c(C)c3O)C(=O)O[C@H]2[C@H](C)C1C. The molecule has 2 aromatic rings. The van der Waals surface area contributed by atoms with Crippen molar-refractivity contribution in [2.45, 2.75) is 46.2 Å². The van der Waals surface area contributed by atoms with Gasteiger partial charge in [0.2, 0.25) is 0 Å². The number of carbonyl (C=O) groups excluding carboxylic acids is 2. The molecule has 10 nitrogen and oxygen atoms in total. The van der Waals surface area contributed by atoms with Crippen LogP contribution in [0, 0.1) is 25.7 Å². The Kier molecular flexibility index (Phi) is 6.29. The molecule has 5 atom stereocenters. The molecule has 0 saturated carbocycles. The van der Waals surface area contributed by atoms with E-state index in [0.29, 0.717) is 0 Å². The number of esters is 2. The van der Waals surface area contributed by atoms with Crippen LogP contribution in [0.2, 0.25) is 0 Å².